The normalized spacial score (nSPS) is 22.8. The zero-order chi connectivity index (χ0) is 15.2. The van der Waals surface area contributed by atoms with E-state index < -0.39 is 0 Å². The van der Waals surface area contributed by atoms with Crippen molar-refractivity contribution in [1.82, 2.24) is 15.0 Å². The Morgan fingerprint density at radius 2 is 2.18 bits per heavy atom. The summed E-state index contributed by atoms with van der Waals surface area (Å²) in [5.41, 5.74) is 1.45. The van der Waals surface area contributed by atoms with E-state index in [9.17, 15) is 4.79 Å². The number of ether oxygens (including phenoxy) is 1. The zero-order valence-electron chi connectivity index (χ0n) is 12.2. The van der Waals surface area contributed by atoms with Crippen LogP contribution in [0.5, 0.6) is 0 Å². The summed E-state index contributed by atoms with van der Waals surface area (Å²) in [5, 5.41) is 0. The second kappa shape index (κ2) is 5.08. The van der Waals surface area contributed by atoms with Gasteiger partial charge in [0.1, 0.15) is 11.3 Å². The number of carbonyl (C=O) groups is 1. The number of thioether (sulfide) groups is 1. The quantitative estimate of drug-likeness (QED) is 0.778. The van der Waals surface area contributed by atoms with E-state index in [4.69, 9.17) is 4.74 Å². The molecule has 2 saturated heterocycles. The molecule has 0 N–H and O–H groups in total. The largest absolute Gasteiger partial charge is 0.469 e. The van der Waals surface area contributed by atoms with Gasteiger partial charge in [0.15, 0.2) is 5.65 Å². The van der Waals surface area contributed by atoms with E-state index in [2.05, 4.69) is 19.9 Å². The summed E-state index contributed by atoms with van der Waals surface area (Å²) in [6, 6.07) is 3.91. The average Bonchev–Trinajstić information content (AvgIpc) is 2.97. The minimum Gasteiger partial charge on any atom is -0.469 e. The molecular formula is C15H16N4O2S. The second-order valence-corrected chi connectivity index (χ2v) is 7.21. The number of nitrogens with zero attached hydrogens (tertiary/aromatic N) is 4. The van der Waals surface area contributed by atoms with Gasteiger partial charge in [-0.2, -0.15) is 11.8 Å². The van der Waals surface area contributed by atoms with Crippen LogP contribution in [0.3, 0.4) is 0 Å². The van der Waals surface area contributed by atoms with Gasteiger partial charge in [-0.3, -0.25) is 9.78 Å². The van der Waals surface area contributed by atoms with Crippen LogP contribution in [0.2, 0.25) is 0 Å². The molecule has 4 rings (SSSR count). The van der Waals surface area contributed by atoms with Crippen LogP contribution in [0.4, 0.5) is 5.82 Å². The predicted molar refractivity (Wildman–Crippen MR) is 84.9 cm³/mol. The number of aromatic nitrogens is 3. The Morgan fingerprint density at radius 1 is 1.36 bits per heavy atom. The Labute approximate surface area is 132 Å². The van der Waals surface area contributed by atoms with Gasteiger partial charge in [-0.05, 0) is 24.3 Å². The van der Waals surface area contributed by atoms with E-state index in [0.717, 1.165) is 36.6 Å². The molecule has 22 heavy (non-hydrogen) atoms. The lowest BCUT2D eigenvalue weighted by molar-refractivity contribution is -0.146. The first kappa shape index (κ1) is 13.8. The summed E-state index contributed by atoms with van der Waals surface area (Å²) < 4.78 is 4.95. The molecule has 0 radical (unpaired) electrons. The smallest absolute Gasteiger partial charge is 0.310 e. The fourth-order valence-electron chi connectivity index (χ4n) is 3.31. The molecule has 2 aliphatic rings. The first-order valence-electron chi connectivity index (χ1n) is 7.26. The van der Waals surface area contributed by atoms with E-state index >= 15 is 0 Å². The number of pyridine rings is 1. The van der Waals surface area contributed by atoms with Crippen molar-refractivity contribution < 1.29 is 9.53 Å². The van der Waals surface area contributed by atoms with Crippen molar-refractivity contribution in [2.75, 3.05) is 30.9 Å². The van der Waals surface area contributed by atoms with Crippen molar-refractivity contribution in [1.29, 1.82) is 0 Å². The van der Waals surface area contributed by atoms with Gasteiger partial charge >= 0.3 is 5.97 Å². The molecule has 2 aromatic rings. The minimum absolute atomic E-state index is 0.000928. The summed E-state index contributed by atoms with van der Waals surface area (Å²) in [4.78, 5) is 27.2. The van der Waals surface area contributed by atoms with Gasteiger partial charge in [-0.25, -0.2) is 9.97 Å². The van der Waals surface area contributed by atoms with Crippen molar-refractivity contribution in [3.63, 3.8) is 0 Å². The first-order valence-corrected chi connectivity index (χ1v) is 8.25. The number of fused-ring (bicyclic) bond motifs is 1. The van der Waals surface area contributed by atoms with Gasteiger partial charge in [-0.1, -0.05) is 0 Å². The molecule has 1 spiro atoms. The fourth-order valence-corrected chi connectivity index (χ4v) is 4.98. The highest BCUT2D eigenvalue weighted by atomic mass is 32.2. The molecule has 0 bridgehead atoms. The number of methoxy groups -OCH3 is 1. The van der Waals surface area contributed by atoms with Gasteiger partial charge in [0.2, 0.25) is 0 Å². The van der Waals surface area contributed by atoms with Gasteiger partial charge in [-0.15, -0.1) is 0 Å². The summed E-state index contributed by atoms with van der Waals surface area (Å²) in [5.74, 6) is 1.83. The van der Waals surface area contributed by atoms with Crippen molar-refractivity contribution in [3.05, 3.63) is 24.5 Å². The molecule has 4 heterocycles. The maximum absolute atomic E-state index is 12.0. The van der Waals surface area contributed by atoms with Crippen molar-refractivity contribution in [2.45, 2.75) is 11.2 Å². The number of carbonyl (C=O) groups excluding carboxylic acids is 1. The maximum Gasteiger partial charge on any atom is 0.310 e. The zero-order valence-corrected chi connectivity index (χ0v) is 13.0. The minimum atomic E-state index is -0.0815. The van der Waals surface area contributed by atoms with Crippen LogP contribution >= 0.6 is 11.8 Å². The predicted octanol–water partition coefficient (Wildman–Crippen LogP) is 1.51. The molecule has 0 saturated carbocycles. The lowest BCUT2D eigenvalue weighted by Gasteiger charge is -2.50. The highest BCUT2D eigenvalue weighted by molar-refractivity contribution is 8.01. The van der Waals surface area contributed by atoms with Crippen LogP contribution in [0, 0.1) is 5.92 Å². The number of anilines is 1. The Kier molecular flexibility index (Phi) is 3.18. The highest BCUT2D eigenvalue weighted by Gasteiger charge is 2.56. The standard InChI is InChI=1S/C15H16N4O2S/c1-21-14(20)10-4-7-22-15(10)8-19(9-15)12-3-2-11-13(18-12)17-6-5-16-11/h2-3,5-6,10H,4,7-9H2,1H3. The van der Waals surface area contributed by atoms with Crippen LogP contribution in [0.25, 0.3) is 11.2 Å². The number of hydrogen-bond acceptors (Lipinski definition) is 7. The van der Waals surface area contributed by atoms with E-state index in [1.807, 2.05) is 23.9 Å². The monoisotopic (exact) mass is 316 g/mol. The van der Waals surface area contributed by atoms with Crippen LogP contribution in [0.1, 0.15) is 6.42 Å². The molecule has 7 heteroatoms. The van der Waals surface area contributed by atoms with Gasteiger partial charge < -0.3 is 9.64 Å². The molecule has 2 aromatic heterocycles. The van der Waals surface area contributed by atoms with Crippen molar-refractivity contribution in [3.8, 4) is 0 Å². The summed E-state index contributed by atoms with van der Waals surface area (Å²) in [7, 11) is 1.47. The number of hydrogen-bond donors (Lipinski definition) is 0. The lowest BCUT2D eigenvalue weighted by Crippen LogP contribution is -2.63. The summed E-state index contributed by atoms with van der Waals surface area (Å²) in [6.45, 7) is 1.66. The van der Waals surface area contributed by atoms with E-state index in [0.29, 0.717) is 5.65 Å². The molecule has 6 nitrogen and oxygen atoms in total. The molecule has 0 aromatic carbocycles. The summed E-state index contributed by atoms with van der Waals surface area (Å²) in [6.07, 6.45) is 4.22. The van der Waals surface area contributed by atoms with Gasteiger partial charge in [0, 0.05) is 25.5 Å². The third kappa shape index (κ3) is 2.03. The van der Waals surface area contributed by atoms with Crippen LogP contribution in [-0.2, 0) is 9.53 Å². The third-order valence-electron chi connectivity index (χ3n) is 4.47. The molecule has 0 amide bonds. The van der Waals surface area contributed by atoms with Gasteiger partial charge in [0.05, 0.1) is 17.8 Å². The molecule has 1 atom stereocenters. The highest BCUT2D eigenvalue weighted by Crippen LogP contribution is 2.50. The lowest BCUT2D eigenvalue weighted by atomic mass is 9.83. The van der Waals surface area contributed by atoms with Crippen molar-refractivity contribution in [2.24, 2.45) is 5.92 Å². The molecule has 2 aliphatic heterocycles. The Balaban J connectivity index is 1.55. The summed E-state index contributed by atoms with van der Waals surface area (Å²) >= 11 is 1.89. The molecule has 114 valence electrons. The average molecular weight is 316 g/mol. The van der Waals surface area contributed by atoms with Crippen LogP contribution < -0.4 is 4.90 Å². The Hall–Kier alpha value is -1.89. The molecule has 2 fully saturated rings. The third-order valence-corrected chi connectivity index (χ3v) is 6.03. The Morgan fingerprint density at radius 3 is 3.00 bits per heavy atom. The maximum atomic E-state index is 12.0. The molecular weight excluding hydrogens is 300 g/mol. The first-order chi connectivity index (χ1) is 10.7. The number of rotatable bonds is 2. The van der Waals surface area contributed by atoms with Crippen LogP contribution in [0.15, 0.2) is 24.5 Å². The topological polar surface area (TPSA) is 68.2 Å². The van der Waals surface area contributed by atoms with E-state index in [1.54, 1.807) is 12.4 Å². The second-order valence-electron chi connectivity index (χ2n) is 5.70. The van der Waals surface area contributed by atoms with E-state index in [1.165, 1.54) is 7.11 Å². The van der Waals surface area contributed by atoms with Crippen LogP contribution in [-0.4, -0.2) is 51.6 Å². The molecule has 1 unspecified atom stereocenters. The SMILES string of the molecule is COC(=O)C1CCSC12CN(c1ccc3nccnc3n1)C2. The fraction of sp³-hybridized carbons (Fsp3) is 0.467. The van der Waals surface area contributed by atoms with E-state index in [-0.39, 0.29) is 16.6 Å². The molecule has 0 aliphatic carbocycles. The Bertz CT molecular complexity index is 732. The number of esters is 1. The van der Waals surface area contributed by atoms with Gasteiger partial charge in [0.25, 0.3) is 0 Å². The van der Waals surface area contributed by atoms with Crippen molar-refractivity contribution >= 4 is 34.7 Å².